The number of rotatable bonds is 3. The molecule has 0 N–H and O–H groups in total. The van der Waals surface area contributed by atoms with Crippen molar-refractivity contribution in [2.75, 3.05) is 0 Å². The first kappa shape index (κ1) is 11.3. The van der Waals surface area contributed by atoms with Gasteiger partial charge in [-0.3, -0.25) is 19.7 Å². The Morgan fingerprint density at radius 1 is 1.53 bits per heavy atom. The highest BCUT2D eigenvalue weighted by molar-refractivity contribution is 6.34. The molecule has 0 atom stereocenters. The average Bonchev–Trinajstić information content (AvgIpc) is 2.16. The summed E-state index contributed by atoms with van der Waals surface area (Å²) in [6.07, 6.45) is 0.320. The van der Waals surface area contributed by atoms with Crippen LogP contribution < -0.4 is 0 Å². The van der Waals surface area contributed by atoms with Crippen LogP contribution in [0, 0.1) is 10.1 Å². The van der Waals surface area contributed by atoms with Gasteiger partial charge in [-0.1, -0.05) is 11.6 Å². The van der Waals surface area contributed by atoms with Crippen molar-refractivity contribution < 1.29 is 14.5 Å². The summed E-state index contributed by atoms with van der Waals surface area (Å²) >= 11 is 5.66. The number of benzene rings is 1. The van der Waals surface area contributed by atoms with E-state index in [1.165, 1.54) is 6.92 Å². The Kier molecular flexibility index (Phi) is 3.16. The average molecular weight is 228 g/mol. The summed E-state index contributed by atoms with van der Waals surface area (Å²) < 4.78 is 0. The molecule has 0 heterocycles. The fourth-order valence-electron chi connectivity index (χ4n) is 1.10. The molecule has 0 aliphatic rings. The second-order valence-corrected chi connectivity index (χ2v) is 3.23. The van der Waals surface area contributed by atoms with Gasteiger partial charge < -0.3 is 0 Å². The molecular formula is C9H6ClNO4. The Morgan fingerprint density at radius 3 is 2.53 bits per heavy atom. The summed E-state index contributed by atoms with van der Waals surface area (Å²) in [5, 5.41) is 10.5. The summed E-state index contributed by atoms with van der Waals surface area (Å²) in [6.45, 7) is 1.27. The first-order valence-electron chi connectivity index (χ1n) is 3.91. The maximum Gasteiger partial charge on any atom is 0.281 e. The van der Waals surface area contributed by atoms with E-state index in [0.717, 1.165) is 12.1 Å². The number of aldehydes is 1. The van der Waals surface area contributed by atoms with Gasteiger partial charge in [0.1, 0.15) is 0 Å². The lowest BCUT2D eigenvalue weighted by Gasteiger charge is -2.01. The predicted molar refractivity (Wildman–Crippen MR) is 53.5 cm³/mol. The zero-order valence-corrected chi connectivity index (χ0v) is 8.45. The number of hydrogen-bond acceptors (Lipinski definition) is 4. The van der Waals surface area contributed by atoms with Crippen LogP contribution in [0.15, 0.2) is 12.1 Å². The van der Waals surface area contributed by atoms with Crippen molar-refractivity contribution in [1.29, 1.82) is 0 Å². The minimum Gasteiger partial charge on any atom is -0.298 e. The van der Waals surface area contributed by atoms with Crippen molar-refractivity contribution in [1.82, 2.24) is 0 Å². The molecule has 0 aliphatic carbocycles. The van der Waals surface area contributed by atoms with E-state index in [1.807, 2.05) is 0 Å². The topological polar surface area (TPSA) is 77.3 Å². The van der Waals surface area contributed by atoms with Gasteiger partial charge in [-0.25, -0.2) is 0 Å². The quantitative estimate of drug-likeness (QED) is 0.343. The van der Waals surface area contributed by atoms with Gasteiger partial charge in [0.2, 0.25) is 0 Å². The van der Waals surface area contributed by atoms with Gasteiger partial charge in [0, 0.05) is 11.6 Å². The van der Waals surface area contributed by atoms with Gasteiger partial charge in [-0.2, -0.15) is 0 Å². The number of nitrogens with zero attached hydrogens (tertiary/aromatic N) is 1. The largest absolute Gasteiger partial charge is 0.298 e. The van der Waals surface area contributed by atoms with E-state index in [4.69, 9.17) is 11.6 Å². The molecule has 1 aromatic rings. The summed E-state index contributed by atoms with van der Waals surface area (Å²) in [5.41, 5.74) is -0.459. The van der Waals surface area contributed by atoms with E-state index in [2.05, 4.69) is 0 Å². The maximum absolute atomic E-state index is 11.0. The summed E-state index contributed by atoms with van der Waals surface area (Å²) in [7, 11) is 0. The van der Waals surface area contributed by atoms with Crippen molar-refractivity contribution in [3.05, 3.63) is 38.4 Å². The fraction of sp³-hybridized carbons (Fsp3) is 0.111. The monoisotopic (exact) mass is 227 g/mol. The van der Waals surface area contributed by atoms with Crippen LogP contribution in [-0.4, -0.2) is 17.0 Å². The molecule has 0 amide bonds. The molecule has 0 spiro atoms. The molecule has 0 bridgehead atoms. The van der Waals surface area contributed by atoms with Gasteiger partial charge in [-0.05, 0) is 13.0 Å². The number of nitro groups is 1. The van der Waals surface area contributed by atoms with Crippen LogP contribution in [0.4, 0.5) is 5.69 Å². The Balaban J connectivity index is 3.48. The Morgan fingerprint density at radius 2 is 2.13 bits per heavy atom. The Hall–Kier alpha value is -1.75. The molecule has 0 radical (unpaired) electrons. The third-order valence-corrected chi connectivity index (χ3v) is 2.13. The summed E-state index contributed by atoms with van der Waals surface area (Å²) in [6, 6.07) is 2.12. The number of nitro benzene ring substituents is 1. The maximum atomic E-state index is 11.0. The van der Waals surface area contributed by atoms with Gasteiger partial charge in [0.15, 0.2) is 12.1 Å². The van der Waals surface area contributed by atoms with E-state index in [1.54, 1.807) is 0 Å². The molecule has 0 saturated carbocycles. The standard InChI is InChI=1S/C9H6ClNO4/c1-5(13)7-2-6(4-12)9(11(14)15)3-8(7)10/h2-4H,1H3. The highest BCUT2D eigenvalue weighted by atomic mass is 35.5. The SMILES string of the molecule is CC(=O)c1cc(C=O)c([N+](=O)[O-])cc1Cl. The zero-order chi connectivity index (χ0) is 11.6. The van der Waals surface area contributed by atoms with Gasteiger partial charge >= 0.3 is 0 Å². The third kappa shape index (κ3) is 2.19. The molecule has 0 unspecified atom stereocenters. The summed E-state index contributed by atoms with van der Waals surface area (Å²) in [5.74, 6) is -0.349. The number of carbonyl (C=O) groups excluding carboxylic acids is 2. The first-order valence-corrected chi connectivity index (χ1v) is 4.29. The van der Waals surface area contributed by atoms with Crippen molar-refractivity contribution in [3.63, 3.8) is 0 Å². The predicted octanol–water partition coefficient (Wildman–Crippen LogP) is 2.26. The van der Waals surface area contributed by atoms with Gasteiger partial charge in [0.05, 0.1) is 15.5 Å². The Bertz CT molecular complexity index is 456. The van der Waals surface area contributed by atoms with Crippen LogP contribution in [0.5, 0.6) is 0 Å². The van der Waals surface area contributed by atoms with Crippen molar-refractivity contribution in [3.8, 4) is 0 Å². The van der Waals surface area contributed by atoms with Crippen LogP contribution in [0.1, 0.15) is 27.6 Å². The van der Waals surface area contributed by atoms with Crippen LogP contribution in [0.3, 0.4) is 0 Å². The minimum atomic E-state index is -0.723. The van der Waals surface area contributed by atoms with E-state index in [0.29, 0.717) is 6.29 Å². The number of carbonyl (C=O) groups is 2. The lowest BCUT2D eigenvalue weighted by molar-refractivity contribution is -0.385. The zero-order valence-electron chi connectivity index (χ0n) is 7.69. The third-order valence-electron chi connectivity index (χ3n) is 1.82. The second-order valence-electron chi connectivity index (χ2n) is 2.82. The number of Topliss-reactive ketones (excluding diaryl/α,β-unsaturated/α-hetero) is 1. The fourth-order valence-corrected chi connectivity index (χ4v) is 1.39. The van der Waals surface area contributed by atoms with Gasteiger partial charge in [0.25, 0.3) is 5.69 Å². The molecule has 6 heteroatoms. The number of ketones is 1. The lowest BCUT2D eigenvalue weighted by atomic mass is 10.1. The normalized spacial score (nSPS) is 9.73. The van der Waals surface area contributed by atoms with E-state index < -0.39 is 10.6 Å². The van der Waals surface area contributed by atoms with Crippen molar-refractivity contribution in [2.24, 2.45) is 0 Å². The molecule has 1 aromatic carbocycles. The molecular weight excluding hydrogens is 222 g/mol. The smallest absolute Gasteiger partial charge is 0.281 e. The molecule has 15 heavy (non-hydrogen) atoms. The molecule has 1 rings (SSSR count). The van der Waals surface area contributed by atoms with Gasteiger partial charge in [-0.15, -0.1) is 0 Å². The van der Waals surface area contributed by atoms with E-state index in [-0.39, 0.29) is 21.9 Å². The van der Waals surface area contributed by atoms with Crippen molar-refractivity contribution in [2.45, 2.75) is 6.92 Å². The molecule has 0 aromatic heterocycles. The van der Waals surface area contributed by atoms with E-state index in [9.17, 15) is 19.7 Å². The molecule has 5 nitrogen and oxygen atoms in total. The van der Waals surface area contributed by atoms with Crippen LogP contribution >= 0.6 is 11.6 Å². The summed E-state index contributed by atoms with van der Waals surface area (Å²) in [4.78, 5) is 31.4. The molecule has 0 aliphatic heterocycles. The Labute approximate surface area is 89.8 Å². The molecule has 0 saturated heterocycles. The van der Waals surface area contributed by atoms with Crippen LogP contribution in [0.2, 0.25) is 5.02 Å². The molecule has 78 valence electrons. The second kappa shape index (κ2) is 4.18. The van der Waals surface area contributed by atoms with Crippen LogP contribution in [-0.2, 0) is 0 Å². The first-order chi connectivity index (χ1) is 6.97. The number of hydrogen-bond donors (Lipinski definition) is 0. The molecule has 0 fully saturated rings. The minimum absolute atomic E-state index is 0.0280. The van der Waals surface area contributed by atoms with Crippen molar-refractivity contribution >= 4 is 29.4 Å². The lowest BCUT2D eigenvalue weighted by Crippen LogP contribution is -2.00. The number of halogens is 1. The highest BCUT2D eigenvalue weighted by Gasteiger charge is 2.18. The highest BCUT2D eigenvalue weighted by Crippen LogP contribution is 2.26. The van der Waals surface area contributed by atoms with Crippen LogP contribution in [0.25, 0.3) is 0 Å². The van der Waals surface area contributed by atoms with E-state index >= 15 is 0 Å².